The van der Waals surface area contributed by atoms with Crippen molar-refractivity contribution in [2.75, 3.05) is 4.72 Å². The molecule has 10 heteroatoms. The summed E-state index contributed by atoms with van der Waals surface area (Å²) >= 11 is 2.95. The van der Waals surface area contributed by atoms with Crippen LogP contribution in [-0.4, -0.2) is 19.5 Å². The second-order valence-corrected chi connectivity index (χ2v) is 6.81. The van der Waals surface area contributed by atoms with Gasteiger partial charge in [-0.3, -0.25) is 4.72 Å². The van der Waals surface area contributed by atoms with E-state index in [-0.39, 0.29) is 10.0 Å². The van der Waals surface area contributed by atoms with E-state index in [4.69, 9.17) is 5.11 Å². The molecule has 2 N–H and O–H groups in total. The van der Waals surface area contributed by atoms with Crippen molar-refractivity contribution in [3.8, 4) is 0 Å². The van der Waals surface area contributed by atoms with Crippen molar-refractivity contribution < 1.29 is 31.5 Å². The number of carboxylic acids is 1. The first-order chi connectivity index (χ1) is 10.6. The smallest absolute Gasteiger partial charge is 0.336 e. The van der Waals surface area contributed by atoms with Gasteiger partial charge in [0.1, 0.15) is 0 Å². The summed E-state index contributed by atoms with van der Waals surface area (Å²) in [6, 6.07) is 4.35. The zero-order valence-electron chi connectivity index (χ0n) is 11.0. The highest BCUT2D eigenvalue weighted by molar-refractivity contribution is 9.10. The van der Waals surface area contributed by atoms with Gasteiger partial charge in [-0.1, -0.05) is 0 Å². The van der Waals surface area contributed by atoms with Gasteiger partial charge >= 0.3 is 5.97 Å². The molecular formula is C13H7BrF3NO4S. The third kappa shape index (κ3) is 3.48. The molecule has 0 bridgehead atoms. The largest absolute Gasteiger partial charge is 0.478 e. The molecule has 2 aromatic carbocycles. The lowest BCUT2D eigenvalue weighted by Crippen LogP contribution is -2.15. The number of hydrogen-bond acceptors (Lipinski definition) is 3. The van der Waals surface area contributed by atoms with Gasteiger partial charge in [0.15, 0.2) is 17.5 Å². The number of carboxylic acid groups (broad SMARTS) is 1. The maximum Gasteiger partial charge on any atom is 0.336 e. The number of rotatable bonds is 4. The highest BCUT2D eigenvalue weighted by Gasteiger charge is 2.22. The topological polar surface area (TPSA) is 83.5 Å². The maximum atomic E-state index is 13.5. The molecule has 0 saturated carbocycles. The molecule has 0 spiro atoms. The zero-order chi connectivity index (χ0) is 17.4. The van der Waals surface area contributed by atoms with Crippen LogP contribution in [0.2, 0.25) is 0 Å². The normalized spacial score (nSPS) is 11.3. The van der Waals surface area contributed by atoms with E-state index in [1.165, 1.54) is 6.07 Å². The van der Waals surface area contributed by atoms with Gasteiger partial charge in [-0.05, 0) is 46.3 Å². The van der Waals surface area contributed by atoms with Crippen molar-refractivity contribution >= 4 is 37.6 Å². The highest BCUT2D eigenvalue weighted by atomic mass is 79.9. The minimum Gasteiger partial charge on any atom is -0.478 e. The number of nitrogens with one attached hydrogen (secondary N) is 1. The Morgan fingerprint density at radius 2 is 1.74 bits per heavy atom. The molecule has 0 radical (unpaired) electrons. The quantitative estimate of drug-likeness (QED) is 0.758. The van der Waals surface area contributed by atoms with Crippen molar-refractivity contribution in [2.24, 2.45) is 0 Å². The molecule has 0 atom stereocenters. The average Bonchev–Trinajstić information content (AvgIpc) is 2.48. The number of anilines is 1. The Morgan fingerprint density at radius 1 is 1.09 bits per heavy atom. The fourth-order valence-electron chi connectivity index (χ4n) is 1.64. The molecule has 0 saturated heterocycles. The SMILES string of the molecule is O=C(O)c1cc(S(=O)(=O)Nc2ccc(F)c(F)c2F)ccc1Br. The van der Waals surface area contributed by atoms with E-state index in [2.05, 4.69) is 15.9 Å². The lowest BCUT2D eigenvalue weighted by atomic mass is 10.2. The highest BCUT2D eigenvalue weighted by Crippen LogP contribution is 2.25. The Kier molecular flexibility index (Phi) is 4.66. The molecule has 0 unspecified atom stereocenters. The second-order valence-electron chi connectivity index (χ2n) is 4.28. The summed E-state index contributed by atoms with van der Waals surface area (Å²) in [5.41, 5.74) is -1.14. The molecule has 0 aliphatic rings. The maximum absolute atomic E-state index is 13.5. The Labute approximate surface area is 136 Å². The first-order valence-electron chi connectivity index (χ1n) is 5.82. The minimum atomic E-state index is -4.40. The van der Waals surface area contributed by atoms with Crippen LogP contribution in [0.3, 0.4) is 0 Å². The predicted molar refractivity (Wildman–Crippen MR) is 78.2 cm³/mol. The van der Waals surface area contributed by atoms with Gasteiger partial charge in [0, 0.05) is 4.47 Å². The van der Waals surface area contributed by atoms with E-state index in [0.29, 0.717) is 12.1 Å². The van der Waals surface area contributed by atoms with E-state index >= 15 is 0 Å². The summed E-state index contributed by atoms with van der Waals surface area (Å²) in [5, 5.41) is 8.96. The molecule has 2 rings (SSSR count). The molecule has 0 aliphatic carbocycles. The lowest BCUT2D eigenvalue weighted by molar-refractivity contribution is 0.0695. The minimum absolute atomic E-state index is 0.142. The number of aromatic carboxylic acids is 1. The van der Waals surface area contributed by atoms with Crippen LogP contribution >= 0.6 is 15.9 Å². The first-order valence-corrected chi connectivity index (χ1v) is 8.10. The van der Waals surface area contributed by atoms with Crippen LogP contribution in [0.1, 0.15) is 10.4 Å². The fourth-order valence-corrected chi connectivity index (χ4v) is 3.15. The molecule has 0 amide bonds. The average molecular weight is 410 g/mol. The summed E-state index contributed by atoms with van der Waals surface area (Å²) in [5.74, 6) is -6.38. The third-order valence-corrected chi connectivity index (χ3v) is 4.81. The number of sulfonamides is 1. The summed E-state index contributed by atoms with van der Waals surface area (Å²) in [6.07, 6.45) is 0. The fraction of sp³-hybridized carbons (Fsp3) is 0. The number of halogens is 4. The summed E-state index contributed by atoms with van der Waals surface area (Å²) in [4.78, 5) is 10.5. The zero-order valence-corrected chi connectivity index (χ0v) is 13.4. The van der Waals surface area contributed by atoms with Gasteiger partial charge in [-0.15, -0.1) is 0 Å². The van der Waals surface area contributed by atoms with Crippen molar-refractivity contribution in [2.45, 2.75) is 4.90 Å². The van der Waals surface area contributed by atoms with Gasteiger partial charge in [0.05, 0.1) is 16.1 Å². The van der Waals surface area contributed by atoms with Gasteiger partial charge < -0.3 is 5.11 Å². The van der Waals surface area contributed by atoms with Gasteiger partial charge in [-0.25, -0.2) is 26.4 Å². The van der Waals surface area contributed by atoms with Gasteiger partial charge in [0.2, 0.25) is 0 Å². The van der Waals surface area contributed by atoms with Crippen molar-refractivity contribution in [1.29, 1.82) is 0 Å². The standard InChI is InChI=1S/C13H7BrF3NO4S/c14-8-2-1-6(5-7(8)13(19)20)23(21,22)18-10-4-3-9(15)11(16)12(10)17/h1-5,18H,(H,19,20). The van der Waals surface area contributed by atoms with Gasteiger partial charge in [0.25, 0.3) is 10.0 Å². The molecule has 0 fully saturated rings. The van der Waals surface area contributed by atoms with Crippen LogP contribution in [0.4, 0.5) is 18.9 Å². The van der Waals surface area contributed by atoms with E-state index in [0.717, 1.165) is 12.1 Å². The Bertz CT molecular complexity index is 902. The van der Waals surface area contributed by atoms with E-state index < -0.39 is 44.0 Å². The Hall–Kier alpha value is -2.07. The van der Waals surface area contributed by atoms with Crippen LogP contribution in [0.25, 0.3) is 0 Å². The predicted octanol–water partition coefficient (Wildman–Crippen LogP) is 3.37. The van der Waals surface area contributed by atoms with Crippen LogP contribution in [0.15, 0.2) is 39.7 Å². The number of hydrogen-bond donors (Lipinski definition) is 2. The van der Waals surface area contributed by atoms with Crippen LogP contribution in [0.5, 0.6) is 0 Å². The monoisotopic (exact) mass is 409 g/mol. The van der Waals surface area contributed by atoms with Crippen LogP contribution in [-0.2, 0) is 10.0 Å². The molecule has 2 aromatic rings. The molecule has 23 heavy (non-hydrogen) atoms. The summed E-state index contributed by atoms with van der Waals surface area (Å²) in [6.45, 7) is 0. The molecule has 0 heterocycles. The van der Waals surface area contributed by atoms with Crippen molar-refractivity contribution in [3.63, 3.8) is 0 Å². The van der Waals surface area contributed by atoms with E-state index in [1.54, 1.807) is 4.72 Å². The van der Waals surface area contributed by atoms with Crippen LogP contribution < -0.4 is 4.72 Å². The Morgan fingerprint density at radius 3 is 2.35 bits per heavy atom. The summed E-state index contributed by atoms with van der Waals surface area (Å²) < 4.78 is 65.6. The van der Waals surface area contributed by atoms with Gasteiger partial charge in [-0.2, -0.15) is 0 Å². The number of carbonyl (C=O) groups is 1. The molecule has 0 aliphatic heterocycles. The first kappa shape index (κ1) is 17.3. The third-order valence-electron chi connectivity index (χ3n) is 2.76. The molecule has 5 nitrogen and oxygen atoms in total. The molecule has 122 valence electrons. The molecule has 0 aromatic heterocycles. The second kappa shape index (κ2) is 6.20. The van der Waals surface area contributed by atoms with E-state index in [1.807, 2.05) is 0 Å². The van der Waals surface area contributed by atoms with Crippen molar-refractivity contribution in [1.82, 2.24) is 0 Å². The molecular weight excluding hydrogens is 403 g/mol. The lowest BCUT2D eigenvalue weighted by Gasteiger charge is -2.10. The Balaban J connectivity index is 2.46. The van der Waals surface area contributed by atoms with Crippen molar-refractivity contribution in [3.05, 3.63) is 57.8 Å². The van der Waals surface area contributed by atoms with E-state index in [9.17, 15) is 26.4 Å². The summed E-state index contributed by atoms with van der Waals surface area (Å²) in [7, 11) is -4.40. The number of benzene rings is 2. The van der Waals surface area contributed by atoms with Crippen LogP contribution in [0, 0.1) is 17.5 Å².